The highest BCUT2D eigenvalue weighted by atomic mass is 35.5. The third-order valence-corrected chi connectivity index (χ3v) is 5.87. The van der Waals surface area contributed by atoms with Crippen LogP contribution in [0, 0.1) is 6.92 Å². The van der Waals surface area contributed by atoms with Gasteiger partial charge in [0.25, 0.3) is 15.9 Å². The molecule has 0 fully saturated rings. The van der Waals surface area contributed by atoms with Crippen LogP contribution in [0.25, 0.3) is 0 Å². The largest absolute Gasteiger partial charge is 0.321 e. The molecule has 8 heteroatoms. The minimum Gasteiger partial charge on any atom is -0.321 e. The topological polar surface area (TPSA) is 75.3 Å². The van der Waals surface area contributed by atoms with Crippen molar-refractivity contribution in [2.75, 3.05) is 10.0 Å². The van der Waals surface area contributed by atoms with Crippen molar-refractivity contribution in [2.24, 2.45) is 0 Å². The summed E-state index contributed by atoms with van der Waals surface area (Å²) in [6, 6.07) is 17.3. The molecule has 0 saturated carbocycles. The molecule has 0 atom stereocenters. The molecule has 0 aromatic heterocycles. The molecule has 0 saturated heterocycles. The summed E-state index contributed by atoms with van der Waals surface area (Å²) in [6.07, 6.45) is 0. The predicted octanol–water partition coefficient (Wildman–Crippen LogP) is 5.35. The fourth-order valence-electron chi connectivity index (χ4n) is 2.41. The van der Waals surface area contributed by atoms with Crippen molar-refractivity contribution in [1.82, 2.24) is 0 Å². The molecule has 0 aliphatic carbocycles. The molecule has 0 heterocycles. The molecule has 2 N–H and O–H groups in total. The molecule has 28 heavy (non-hydrogen) atoms. The van der Waals surface area contributed by atoms with E-state index in [2.05, 4.69) is 10.0 Å². The summed E-state index contributed by atoms with van der Waals surface area (Å²) in [6.45, 7) is 1.88. The number of benzene rings is 3. The number of hydrogen-bond acceptors (Lipinski definition) is 3. The minimum atomic E-state index is -3.70. The van der Waals surface area contributed by atoms with Gasteiger partial charge in [-0.15, -0.1) is 0 Å². The van der Waals surface area contributed by atoms with Crippen molar-refractivity contribution >= 4 is 50.5 Å². The number of sulfonamides is 1. The van der Waals surface area contributed by atoms with Crippen LogP contribution in [0.4, 0.5) is 11.4 Å². The van der Waals surface area contributed by atoms with Gasteiger partial charge < -0.3 is 5.32 Å². The van der Waals surface area contributed by atoms with Crippen LogP contribution in [0.1, 0.15) is 15.9 Å². The second-order valence-electron chi connectivity index (χ2n) is 6.07. The number of carbonyl (C=O) groups excluding carboxylic acids is 1. The smallest absolute Gasteiger partial charge is 0.261 e. The lowest BCUT2D eigenvalue weighted by molar-refractivity contribution is 0.102. The molecule has 1 amide bonds. The summed E-state index contributed by atoms with van der Waals surface area (Å²) in [4.78, 5) is 12.5. The molecule has 3 aromatic rings. The molecule has 3 aromatic carbocycles. The molecule has 144 valence electrons. The van der Waals surface area contributed by atoms with Crippen molar-refractivity contribution in [2.45, 2.75) is 11.8 Å². The zero-order chi connectivity index (χ0) is 20.3. The number of aryl methyl sites for hydroxylation is 1. The lowest BCUT2D eigenvalue weighted by Gasteiger charge is -2.10. The number of halogens is 2. The summed E-state index contributed by atoms with van der Waals surface area (Å²) in [5.41, 5.74) is 2.05. The van der Waals surface area contributed by atoms with Gasteiger partial charge in [-0.2, -0.15) is 0 Å². The van der Waals surface area contributed by atoms with Gasteiger partial charge in [-0.3, -0.25) is 9.52 Å². The van der Waals surface area contributed by atoms with E-state index in [0.29, 0.717) is 27.0 Å². The first-order valence-corrected chi connectivity index (χ1v) is 10.4. The van der Waals surface area contributed by atoms with Crippen molar-refractivity contribution in [1.29, 1.82) is 0 Å². The lowest BCUT2D eigenvalue weighted by atomic mass is 10.2. The van der Waals surface area contributed by atoms with Gasteiger partial charge in [0.2, 0.25) is 0 Å². The predicted molar refractivity (Wildman–Crippen MR) is 113 cm³/mol. The van der Waals surface area contributed by atoms with Crippen LogP contribution in [0.2, 0.25) is 10.0 Å². The van der Waals surface area contributed by atoms with Gasteiger partial charge in [0.1, 0.15) is 0 Å². The summed E-state index contributed by atoms with van der Waals surface area (Å²) in [5, 5.41) is 3.48. The molecule has 0 spiro atoms. The normalized spacial score (nSPS) is 11.1. The number of hydrogen-bond donors (Lipinski definition) is 2. The van der Waals surface area contributed by atoms with Crippen LogP contribution < -0.4 is 10.0 Å². The zero-order valence-corrected chi connectivity index (χ0v) is 17.1. The van der Waals surface area contributed by atoms with Gasteiger partial charge in [0, 0.05) is 16.3 Å². The number of carbonyl (C=O) groups is 1. The number of amides is 1. The summed E-state index contributed by atoms with van der Waals surface area (Å²) >= 11 is 12.0. The standard InChI is InChI=1S/C20H16Cl2N2O3S/c1-13-2-9-17(10-3-13)28(26,27)24-16-7-4-14(5-8-16)20(25)23-19-12-15(21)6-11-18(19)22/h2-12,24H,1H3,(H,23,25). The van der Waals surface area contributed by atoms with E-state index >= 15 is 0 Å². The van der Waals surface area contributed by atoms with Gasteiger partial charge in [-0.25, -0.2) is 8.42 Å². The first-order valence-electron chi connectivity index (χ1n) is 8.20. The van der Waals surface area contributed by atoms with Crippen LogP contribution in [0.5, 0.6) is 0 Å². The van der Waals surface area contributed by atoms with Crippen molar-refractivity contribution in [3.05, 3.63) is 87.9 Å². The molecule has 0 bridgehead atoms. The highest BCUT2D eigenvalue weighted by Gasteiger charge is 2.14. The van der Waals surface area contributed by atoms with Crippen LogP contribution in [0.15, 0.2) is 71.6 Å². The highest BCUT2D eigenvalue weighted by Crippen LogP contribution is 2.26. The van der Waals surface area contributed by atoms with E-state index < -0.39 is 15.9 Å². The zero-order valence-electron chi connectivity index (χ0n) is 14.7. The molecule has 0 aliphatic rings. The van der Waals surface area contributed by atoms with E-state index in [1.165, 1.54) is 36.4 Å². The van der Waals surface area contributed by atoms with E-state index in [0.717, 1.165) is 5.56 Å². The molecule has 0 unspecified atom stereocenters. The summed E-state index contributed by atoms with van der Waals surface area (Å²) < 4.78 is 27.3. The fraction of sp³-hybridized carbons (Fsp3) is 0.0500. The number of nitrogens with one attached hydrogen (secondary N) is 2. The van der Waals surface area contributed by atoms with Crippen LogP contribution in [-0.2, 0) is 10.0 Å². The number of anilines is 2. The van der Waals surface area contributed by atoms with E-state index in [4.69, 9.17) is 23.2 Å². The van der Waals surface area contributed by atoms with Gasteiger partial charge >= 0.3 is 0 Å². The Bertz CT molecular complexity index is 1110. The van der Waals surface area contributed by atoms with Crippen LogP contribution in [-0.4, -0.2) is 14.3 Å². The van der Waals surface area contributed by atoms with Crippen LogP contribution in [0.3, 0.4) is 0 Å². The van der Waals surface area contributed by atoms with Crippen molar-refractivity contribution in [3.8, 4) is 0 Å². The van der Waals surface area contributed by atoms with E-state index in [1.807, 2.05) is 6.92 Å². The fourth-order valence-corrected chi connectivity index (χ4v) is 3.80. The SMILES string of the molecule is Cc1ccc(S(=O)(=O)Nc2ccc(C(=O)Nc3cc(Cl)ccc3Cl)cc2)cc1. The molecule has 0 aliphatic heterocycles. The average Bonchev–Trinajstić information content (AvgIpc) is 2.65. The van der Waals surface area contributed by atoms with Crippen molar-refractivity contribution in [3.63, 3.8) is 0 Å². The first-order chi connectivity index (χ1) is 13.2. The maximum absolute atomic E-state index is 12.4. The number of rotatable bonds is 5. The second kappa shape index (κ2) is 8.22. The Labute approximate surface area is 173 Å². The Morgan fingerprint density at radius 3 is 2.18 bits per heavy atom. The van der Waals surface area contributed by atoms with E-state index in [1.54, 1.807) is 30.3 Å². The lowest BCUT2D eigenvalue weighted by Crippen LogP contribution is -2.14. The van der Waals surface area contributed by atoms with Crippen molar-refractivity contribution < 1.29 is 13.2 Å². The second-order valence-corrected chi connectivity index (χ2v) is 8.60. The van der Waals surface area contributed by atoms with Gasteiger partial charge in [-0.1, -0.05) is 40.9 Å². The van der Waals surface area contributed by atoms with Crippen LogP contribution >= 0.6 is 23.2 Å². The molecular formula is C20H16Cl2N2O3S. The Kier molecular flexibility index (Phi) is 5.93. The average molecular weight is 435 g/mol. The Morgan fingerprint density at radius 1 is 0.893 bits per heavy atom. The van der Waals surface area contributed by atoms with E-state index in [-0.39, 0.29) is 4.90 Å². The van der Waals surface area contributed by atoms with Gasteiger partial charge in [0.05, 0.1) is 15.6 Å². The molecule has 5 nitrogen and oxygen atoms in total. The molecule has 0 radical (unpaired) electrons. The van der Waals surface area contributed by atoms with Gasteiger partial charge in [0.15, 0.2) is 0 Å². The quantitative estimate of drug-likeness (QED) is 0.567. The van der Waals surface area contributed by atoms with Gasteiger partial charge in [-0.05, 0) is 61.5 Å². The molecular weight excluding hydrogens is 419 g/mol. The first kappa shape index (κ1) is 20.2. The summed E-state index contributed by atoms with van der Waals surface area (Å²) in [5.74, 6) is -0.392. The highest BCUT2D eigenvalue weighted by molar-refractivity contribution is 7.92. The Hall–Kier alpha value is -2.54. The maximum Gasteiger partial charge on any atom is 0.261 e. The Balaban J connectivity index is 1.73. The van der Waals surface area contributed by atoms with E-state index in [9.17, 15) is 13.2 Å². The summed E-state index contributed by atoms with van der Waals surface area (Å²) in [7, 11) is -3.70. The Morgan fingerprint density at radius 2 is 1.54 bits per heavy atom. The maximum atomic E-state index is 12.4. The minimum absolute atomic E-state index is 0.163. The third kappa shape index (κ3) is 4.84. The molecule has 3 rings (SSSR count). The third-order valence-electron chi connectivity index (χ3n) is 3.91. The monoisotopic (exact) mass is 434 g/mol.